The van der Waals surface area contributed by atoms with E-state index in [0.717, 1.165) is 5.69 Å². The zero-order valence-electron chi connectivity index (χ0n) is 10.5. The van der Waals surface area contributed by atoms with Crippen LogP contribution in [-0.4, -0.2) is 41.3 Å². The maximum atomic E-state index is 11.8. The second-order valence-electron chi connectivity index (χ2n) is 4.25. The fourth-order valence-electron chi connectivity index (χ4n) is 1.84. The van der Waals surface area contributed by atoms with Crippen LogP contribution >= 0.6 is 11.3 Å². The summed E-state index contributed by atoms with van der Waals surface area (Å²) < 4.78 is 2.90. The minimum Gasteiger partial charge on any atom is -0.396 e. The molecular formula is C11H12N6O2S. The van der Waals surface area contributed by atoms with Crippen molar-refractivity contribution in [2.24, 2.45) is 0 Å². The first-order valence-corrected chi connectivity index (χ1v) is 6.96. The van der Waals surface area contributed by atoms with Crippen LogP contribution in [0, 0.1) is 0 Å². The highest BCUT2D eigenvalue weighted by Gasteiger charge is 2.07. The molecule has 3 aromatic heterocycles. The van der Waals surface area contributed by atoms with Crippen molar-refractivity contribution in [1.82, 2.24) is 29.6 Å². The number of aromatic nitrogens is 6. The lowest BCUT2D eigenvalue weighted by Crippen LogP contribution is -2.16. The van der Waals surface area contributed by atoms with Crippen molar-refractivity contribution in [2.45, 2.75) is 19.4 Å². The highest BCUT2D eigenvalue weighted by molar-refractivity contribution is 7.14. The van der Waals surface area contributed by atoms with Crippen LogP contribution < -0.4 is 5.56 Å². The molecule has 0 bridgehead atoms. The van der Waals surface area contributed by atoms with Gasteiger partial charge in [0.2, 0.25) is 4.96 Å². The molecule has 0 aliphatic heterocycles. The van der Waals surface area contributed by atoms with Crippen LogP contribution in [0.3, 0.4) is 0 Å². The van der Waals surface area contributed by atoms with Crippen LogP contribution in [0.15, 0.2) is 22.6 Å². The second-order valence-corrected chi connectivity index (χ2v) is 5.07. The number of hydrogen-bond acceptors (Lipinski definition) is 7. The van der Waals surface area contributed by atoms with Crippen LogP contribution in [0.1, 0.15) is 17.8 Å². The molecule has 20 heavy (non-hydrogen) atoms. The Balaban J connectivity index is 1.81. The van der Waals surface area contributed by atoms with Crippen LogP contribution in [0.2, 0.25) is 0 Å². The number of nitrogens with zero attached hydrogens (tertiary/aromatic N) is 6. The number of aryl methyl sites for hydroxylation is 1. The van der Waals surface area contributed by atoms with Gasteiger partial charge >= 0.3 is 0 Å². The lowest BCUT2D eigenvalue weighted by Gasteiger charge is -1.99. The highest BCUT2D eigenvalue weighted by atomic mass is 32.1. The summed E-state index contributed by atoms with van der Waals surface area (Å²) in [5.74, 6) is 0. The van der Waals surface area contributed by atoms with Crippen LogP contribution in [0.25, 0.3) is 4.96 Å². The van der Waals surface area contributed by atoms with Crippen molar-refractivity contribution in [3.8, 4) is 0 Å². The average molecular weight is 292 g/mol. The van der Waals surface area contributed by atoms with E-state index < -0.39 is 0 Å². The quantitative estimate of drug-likeness (QED) is 0.694. The van der Waals surface area contributed by atoms with E-state index in [9.17, 15) is 4.79 Å². The smallest absolute Gasteiger partial charge is 0.275 e. The molecule has 3 rings (SSSR count). The largest absolute Gasteiger partial charge is 0.396 e. The molecule has 8 nitrogen and oxygen atoms in total. The normalized spacial score (nSPS) is 11.2. The number of fused-ring (bicyclic) bond motifs is 1. The third-order valence-corrected chi connectivity index (χ3v) is 3.42. The van der Waals surface area contributed by atoms with E-state index in [0.29, 0.717) is 30.0 Å². The van der Waals surface area contributed by atoms with E-state index in [-0.39, 0.29) is 12.2 Å². The average Bonchev–Trinajstić information content (AvgIpc) is 3.05. The summed E-state index contributed by atoms with van der Waals surface area (Å²) in [6.07, 6.45) is 3.14. The standard InChI is InChI=1S/C11H12N6O2S/c18-3-1-2-8-5-16(15-14-8)6-9-4-10(19)17-11(13-9)20-7-12-17/h4-5,7,18H,1-3,6H2. The van der Waals surface area contributed by atoms with Gasteiger partial charge in [0.05, 0.1) is 17.9 Å². The SMILES string of the molecule is O=c1cc(Cn2cc(CCCO)nn2)nc2scnn12. The Morgan fingerprint density at radius 1 is 1.35 bits per heavy atom. The first-order chi connectivity index (χ1) is 9.76. The molecule has 0 amide bonds. The lowest BCUT2D eigenvalue weighted by molar-refractivity contribution is 0.288. The first kappa shape index (κ1) is 12.9. The zero-order valence-corrected chi connectivity index (χ0v) is 11.3. The number of hydrogen-bond donors (Lipinski definition) is 1. The van der Waals surface area contributed by atoms with Crippen molar-refractivity contribution in [3.05, 3.63) is 39.5 Å². The maximum Gasteiger partial charge on any atom is 0.275 e. The number of aliphatic hydroxyl groups is 1. The summed E-state index contributed by atoms with van der Waals surface area (Å²) in [6.45, 7) is 0.517. The molecule has 0 radical (unpaired) electrons. The summed E-state index contributed by atoms with van der Waals surface area (Å²) in [6, 6.07) is 1.45. The second kappa shape index (κ2) is 5.47. The Hall–Kier alpha value is -2.13. The number of rotatable bonds is 5. The summed E-state index contributed by atoms with van der Waals surface area (Å²) in [7, 11) is 0. The van der Waals surface area contributed by atoms with Crippen molar-refractivity contribution < 1.29 is 5.11 Å². The van der Waals surface area contributed by atoms with Crippen LogP contribution in [-0.2, 0) is 13.0 Å². The van der Waals surface area contributed by atoms with Gasteiger partial charge in [-0.15, -0.1) is 5.10 Å². The Morgan fingerprint density at radius 2 is 2.25 bits per heavy atom. The highest BCUT2D eigenvalue weighted by Crippen LogP contribution is 2.05. The van der Waals surface area contributed by atoms with Gasteiger partial charge in [-0.1, -0.05) is 16.6 Å². The molecule has 0 unspecified atom stereocenters. The monoisotopic (exact) mass is 292 g/mol. The van der Waals surface area contributed by atoms with E-state index in [1.165, 1.54) is 21.9 Å². The van der Waals surface area contributed by atoms with Gasteiger partial charge in [-0.05, 0) is 12.8 Å². The van der Waals surface area contributed by atoms with Crippen molar-refractivity contribution in [1.29, 1.82) is 0 Å². The fraction of sp³-hybridized carbons (Fsp3) is 0.364. The maximum absolute atomic E-state index is 11.8. The Labute approximate surface area is 117 Å². The van der Waals surface area contributed by atoms with Gasteiger partial charge in [0.15, 0.2) is 0 Å². The number of aliphatic hydroxyl groups excluding tert-OH is 1. The van der Waals surface area contributed by atoms with Gasteiger partial charge in [-0.2, -0.15) is 9.61 Å². The predicted molar refractivity (Wildman–Crippen MR) is 71.7 cm³/mol. The Morgan fingerprint density at radius 3 is 3.10 bits per heavy atom. The molecule has 0 aliphatic rings. The molecule has 0 atom stereocenters. The van der Waals surface area contributed by atoms with Crippen LogP contribution in [0.5, 0.6) is 0 Å². The van der Waals surface area contributed by atoms with Crippen molar-refractivity contribution >= 4 is 16.3 Å². The molecule has 104 valence electrons. The molecular weight excluding hydrogens is 280 g/mol. The van der Waals surface area contributed by atoms with E-state index in [2.05, 4.69) is 20.4 Å². The van der Waals surface area contributed by atoms with E-state index in [4.69, 9.17) is 5.11 Å². The molecule has 9 heteroatoms. The zero-order chi connectivity index (χ0) is 13.9. The minimum absolute atomic E-state index is 0.132. The van der Waals surface area contributed by atoms with Gasteiger partial charge < -0.3 is 5.11 Å². The third-order valence-electron chi connectivity index (χ3n) is 2.74. The third kappa shape index (κ3) is 2.58. The molecule has 0 aliphatic carbocycles. The van der Waals surface area contributed by atoms with E-state index in [1.807, 2.05) is 0 Å². The van der Waals surface area contributed by atoms with Gasteiger partial charge in [0, 0.05) is 18.9 Å². The Bertz CT molecular complexity index is 776. The minimum atomic E-state index is -0.202. The van der Waals surface area contributed by atoms with Gasteiger partial charge in [-0.3, -0.25) is 4.79 Å². The van der Waals surface area contributed by atoms with Crippen molar-refractivity contribution in [2.75, 3.05) is 6.61 Å². The van der Waals surface area contributed by atoms with Gasteiger partial charge in [-0.25, -0.2) is 9.67 Å². The van der Waals surface area contributed by atoms with Gasteiger partial charge in [0.1, 0.15) is 5.51 Å². The fourth-order valence-corrected chi connectivity index (χ4v) is 2.48. The summed E-state index contributed by atoms with van der Waals surface area (Å²) in [5, 5.41) is 20.7. The molecule has 0 spiro atoms. The van der Waals surface area contributed by atoms with E-state index in [1.54, 1.807) is 16.4 Å². The molecule has 0 saturated heterocycles. The van der Waals surface area contributed by atoms with E-state index >= 15 is 0 Å². The molecule has 0 fully saturated rings. The first-order valence-electron chi connectivity index (χ1n) is 6.08. The lowest BCUT2D eigenvalue weighted by atomic mass is 10.3. The summed E-state index contributed by atoms with van der Waals surface area (Å²) >= 11 is 1.31. The molecule has 3 heterocycles. The Kier molecular flexibility index (Phi) is 3.52. The summed E-state index contributed by atoms with van der Waals surface area (Å²) in [4.78, 5) is 16.7. The molecule has 0 saturated carbocycles. The molecule has 0 aromatic carbocycles. The topological polar surface area (TPSA) is 98.2 Å². The summed E-state index contributed by atoms with van der Waals surface area (Å²) in [5.41, 5.74) is 2.81. The van der Waals surface area contributed by atoms with Crippen molar-refractivity contribution in [3.63, 3.8) is 0 Å². The van der Waals surface area contributed by atoms with Crippen LogP contribution in [0.4, 0.5) is 0 Å². The van der Waals surface area contributed by atoms with Gasteiger partial charge in [0.25, 0.3) is 5.56 Å². The molecule has 3 aromatic rings. The predicted octanol–water partition coefficient (Wildman–Crippen LogP) is -0.284. The molecule has 1 N–H and O–H groups in total.